The van der Waals surface area contributed by atoms with Crippen molar-refractivity contribution in [3.05, 3.63) is 65.7 Å². The summed E-state index contributed by atoms with van der Waals surface area (Å²) < 4.78 is 5.08. The molecule has 1 heterocycles. The summed E-state index contributed by atoms with van der Waals surface area (Å²) in [6.45, 7) is 4.93. The fourth-order valence-corrected chi connectivity index (χ4v) is 2.14. The lowest BCUT2D eigenvalue weighted by molar-refractivity contribution is -0.127. The Kier molecular flexibility index (Phi) is 5.74. The van der Waals surface area contributed by atoms with Gasteiger partial charge < -0.3 is 14.6 Å². The first-order valence-corrected chi connectivity index (χ1v) is 7.56. The number of hydrogen-bond acceptors (Lipinski definition) is 3. The lowest BCUT2D eigenvalue weighted by atomic mass is 10.1. The van der Waals surface area contributed by atoms with E-state index >= 15 is 0 Å². The van der Waals surface area contributed by atoms with Crippen LogP contribution in [0.4, 0.5) is 0 Å². The molecule has 23 heavy (non-hydrogen) atoms. The maximum Gasteiger partial charge on any atom is 0.291 e. The van der Waals surface area contributed by atoms with Gasteiger partial charge in [0.1, 0.15) is 5.70 Å². The van der Waals surface area contributed by atoms with Crippen LogP contribution in [0.5, 0.6) is 0 Å². The molecule has 1 N–H and O–H groups in total. The van der Waals surface area contributed by atoms with Gasteiger partial charge in [0.15, 0.2) is 5.76 Å². The Hall–Kier alpha value is -2.82. The average Bonchev–Trinajstić information content (AvgIpc) is 3.11. The summed E-state index contributed by atoms with van der Waals surface area (Å²) in [5, 5.41) is 2.65. The van der Waals surface area contributed by atoms with E-state index in [2.05, 4.69) is 5.32 Å². The standard InChI is InChI=1S/C18H20N2O3/c1-3-20(4-2)18(22)15(13-14-9-6-5-7-10-14)19-17(21)16-11-8-12-23-16/h5-13H,3-4H2,1-2H3,(H,19,21)/b15-13-. The molecule has 2 rings (SSSR count). The number of carbonyl (C=O) groups is 2. The van der Waals surface area contributed by atoms with E-state index in [4.69, 9.17) is 4.42 Å². The molecule has 0 spiro atoms. The van der Waals surface area contributed by atoms with Gasteiger partial charge in [-0.25, -0.2) is 0 Å². The van der Waals surface area contributed by atoms with Crippen molar-refractivity contribution in [1.29, 1.82) is 0 Å². The maximum absolute atomic E-state index is 12.6. The van der Waals surface area contributed by atoms with Gasteiger partial charge >= 0.3 is 0 Å². The van der Waals surface area contributed by atoms with Crippen LogP contribution < -0.4 is 5.32 Å². The van der Waals surface area contributed by atoms with Gasteiger partial charge in [-0.15, -0.1) is 0 Å². The van der Waals surface area contributed by atoms with Crippen LogP contribution >= 0.6 is 0 Å². The molecule has 0 aliphatic carbocycles. The molecule has 0 unspecified atom stereocenters. The molecule has 0 saturated heterocycles. The van der Waals surface area contributed by atoms with E-state index in [-0.39, 0.29) is 17.4 Å². The predicted molar refractivity (Wildman–Crippen MR) is 88.5 cm³/mol. The second-order valence-electron chi connectivity index (χ2n) is 4.88. The lowest BCUT2D eigenvalue weighted by Gasteiger charge is -2.20. The fourth-order valence-electron chi connectivity index (χ4n) is 2.14. The minimum absolute atomic E-state index is 0.163. The van der Waals surface area contributed by atoms with Gasteiger partial charge in [0.25, 0.3) is 11.8 Å². The first-order valence-electron chi connectivity index (χ1n) is 7.56. The third-order valence-corrected chi connectivity index (χ3v) is 3.38. The predicted octanol–water partition coefficient (Wildman–Crippen LogP) is 2.92. The molecule has 120 valence electrons. The van der Waals surface area contributed by atoms with Crippen molar-refractivity contribution in [3.63, 3.8) is 0 Å². The van der Waals surface area contributed by atoms with Gasteiger partial charge in [-0.3, -0.25) is 9.59 Å². The van der Waals surface area contributed by atoms with Crippen LogP contribution in [-0.2, 0) is 4.79 Å². The van der Waals surface area contributed by atoms with E-state index in [1.165, 1.54) is 6.26 Å². The molecule has 1 aromatic carbocycles. The molecule has 2 aromatic rings. The zero-order chi connectivity index (χ0) is 16.7. The number of likely N-dealkylation sites (N-methyl/N-ethyl adjacent to an activating group) is 1. The third kappa shape index (κ3) is 4.32. The molecule has 0 aliphatic rings. The molecule has 0 aliphatic heterocycles. The Balaban J connectivity index is 2.29. The molecule has 2 amide bonds. The smallest absolute Gasteiger partial charge is 0.291 e. The Labute approximate surface area is 135 Å². The Morgan fingerprint density at radius 1 is 1.09 bits per heavy atom. The first-order chi connectivity index (χ1) is 11.2. The number of benzene rings is 1. The molecule has 0 atom stereocenters. The van der Waals surface area contributed by atoms with E-state index in [0.29, 0.717) is 13.1 Å². The second-order valence-corrected chi connectivity index (χ2v) is 4.88. The van der Waals surface area contributed by atoms with Crippen LogP contribution in [-0.4, -0.2) is 29.8 Å². The first kappa shape index (κ1) is 16.5. The minimum Gasteiger partial charge on any atom is -0.459 e. The highest BCUT2D eigenvalue weighted by Gasteiger charge is 2.19. The van der Waals surface area contributed by atoms with Gasteiger partial charge in [0.05, 0.1) is 6.26 Å². The molecular weight excluding hydrogens is 292 g/mol. The van der Waals surface area contributed by atoms with Crippen molar-refractivity contribution in [2.45, 2.75) is 13.8 Å². The normalized spacial score (nSPS) is 11.1. The van der Waals surface area contributed by atoms with Gasteiger partial charge in [-0.2, -0.15) is 0 Å². The van der Waals surface area contributed by atoms with E-state index in [0.717, 1.165) is 5.56 Å². The molecule has 0 bridgehead atoms. The lowest BCUT2D eigenvalue weighted by Crippen LogP contribution is -2.38. The van der Waals surface area contributed by atoms with Crippen LogP contribution in [0.3, 0.4) is 0 Å². The van der Waals surface area contributed by atoms with E-state index < -0.39 is 5.91 Å². The SMILES string of the molecule is CCN(CC)C(=O)/C(=C/c1ccccc1)NC(=O)c1ccco1. The van der Waals surface area contributed by atoms with Gasteiger partial charge in [-0.1, -0.05) is 30.3 Å². The topological polar surface area (TPSA) is 62.6 Å². The fraction of sp³-hybridized carbons (Fsp3) is 0.222. The van der Waals surface area contributed by atoms with Crippen LogP contribution in [0.1, 0.15) is 30.0 Å². The second kappa shape index (κ2) is 7.98. The van der Waals surface area contributed by atoms with Crippen molar-refractivity contribution in [2.24, 2.45) is 0 Å². The summed E-state index contributed by atoms with van der Waals surface area (Å²) in [4.78, 5) is 26.5. The summed E-state index contributed by atoms with van der Waals surface area (Å²) >= 11 is 0. The largest absolute Gasteiger partial charge is 0.459 e. The van der Waals surface area contributed by atoms with Crippen LogP contribution in [0.25, 0.3) is 6.08 Å². The molecule has 1 aromatic heterocycles. The highest BCUT2D eigenvalue weighted by atomic mass is 16.3. The number of rotatable bonds is 6. The quantitative estimate of drug-likeness (QED) is 0.834. The summed E-state index contributed by atoms with van der Waals surface area (Å²) in [5.74, 6) is -0.507. The molecular formula is C18H20N2O3. The van der Waals surface area contributed by atoms with E-state index in [9.17, 15) is 9.59 Å². The highest BCUT2D eigenvalue weighted by molar-refractivity contribution is 6.04. The van der Waals surface area contributed by atoms with E-state index in [1.54, 1.807) is 23.1 Å². The Bertz CT molecular complexity index is 672. The van der Waals surface area contributed by atoms with Crippen molar-refractivity contribution >= 4 is 17.9 Å². The number of furan rings is 1. The average molecular weight is 312 g/mol. The monoisotopic (exact) mass is 312 g/mol. The van der Waals surface area contributed by atoms with Crippen LogP contribution in [0.2, 0.25) is 0 Å². The van der Waals surface area contributed by atoms with Gasteiger partial charge in [-0.05, 0) is 37.6 Å². The highest BCUT2D eigenvalue weighted by Crippen LogP contribution is 2.09. The van der Waals surface area contributed by atoms with Crippen LogP contribution in [0.15, 0.2) is 58.8 Å². The van der Waals surface area contributed by atoms with Crippen molar-refractivity contribution in [2.75, 3.05) is 13.1 Å². The zero-order valence-corrected chi connectivity index (χ0v) is 13.3. The number of nitrogens with zero attached hydrogens (tertiary/aromatic N) is 1. The molecule has 0 radical (unpaired) electrons. The number of hydrogen-bond donors (Lipinski definition) is 1. The zero-order valence-electron chi connectivity index (χ0n) is 13.3. The molecule has 5 heteroatoms. The molecule has 0 fully saturated rings. The number of amides is 2. The number of nitrogens with one attached hydrogen (secondary N) is 1. The summed E-state index contributed by atoms with van der Waals surface area (Å²) in [6, 6.07) is 12.6. The van der Waals surface area contributed by atoms with Crippen molar-refractivity contribution in [3.8, 4) is 0 Å². The third-order valence-electron chi connectivity index (χ3n) is 3.38. The Morgan fingerprint density at radius 2 is 1.78 bits per heavy atom. The summed E-state index contributed by atoms with van der Waals surface area (Å²) in [7, 11) is 0. The Morgan fingerprint density at radius 3 is 2.35 bits per heavy atom. The maximum atomic E-state index is 12.6. The minimum atomic E-state index is -0.447. The van der Waals surface area contributed by atoms with E-state index in [1.807, 2.05) is 44.2 Å². The molecule has 5 nitrogen and oxygen atoms in total. The van der Waals surface area contributed by atoms with Gasteiger partial charge in [0, 0.05) is 13.1 Å². The summed E-state index contributed by atoms with van der Waals surface area (Å²) in [6.07, 6.45) is 3.09. The van der Waals surface area contributed by atoms with Gasteiger partial charge in [0.2, 0.25) is 0 Å². The van der Waals surface area contributed by atoms with Crippen molar-refractivity contribution in [1.82, 2.24) is 10.2 Å². The van der Waals surface area contributed by atoms with Crippen LogP contribution in [0, 0.1) is 0 Å². The number of carbonyl (C=O) groups excluding carboxylic acids is 2. The van der Waals surface area contributed by atoms with Crippen molar-refractivity contribution < 1.29 is 14.0 Å². The summed E-state index contributed by atoms with van der Waals surface area (Å²) in [5.41, 5.74) is 1.06. The molecule has 0 saturated carbocycles.